The summed E-state index contributed by atoms with van der Waals surface area (Å²) < 4.78 is 5.25. The predicted molar refractivity (Wildman–Crippen MR) is 61.8 cm³/mol. The highest BCUT2D eigenvalue weighted by Crippen LogP contribution is 2.13. The summed E-state index contributed by atoms with van der Waals surface area (Å²) in [6.07, 6.45) is 1.61. The first-order valence-corrected chi connectivity index (χ1v) is 5.31. The Morgan fingerprint density at radius 3 is 2.56 bits per heavy atom. The van der Waals surface area contributed by atoms with E-state index in [2.05, 4.69) is 5.32 Å². The van der Waals surface area contributed by atoms with Crippen molar-refractivity contribution in [3.05, 3.63) is 60.1 Å². The first-order chi connectivity index (χ1) is 7.90. The molecule has 3 nitrogen and oxygen atoms in total. The van der Waals surface area contributed by atoms with Crippen LogP contribution in [0.1, 0.15) is 17.4 Å². The summed E-state index contributed by atoms with van der Waals surface area (Å²) >= 11 is 0. The number of hydrogen-bond acceptors (Lipinski definition) is 3. The molecular formula is C13H15NO2. The second-order valence-electron chi connectivity index (χ2n) is 3.62. The van der Waals surface area contributed by atoms with Crippen LogP contribution >= 0.6 is 0 Å². The second kappa shape index (κ2) is 5.49. The quantitative estimate of drug-likeness (QED) is 0.806. The number of nitrogens with one attached hydrogen (secondary N) is 1. The van der Waals surface area contributed by atoms with E-state index in [9.17, 15) is 5.11 Å². The molecule has 2 aromatic rings. The van der Waals surface area contributed by atoms with E-state index in [-0.39, 0.29) is 12.6 Å². The molecule has 2 rings (SSSR count). The van der Waals surface area contributed by atoms with Gasteiger partial charge in [-0.15, -0.1) is 0 Å². The van der Waals surface area contributed by atoms with Crippen molar-refractivity contribution in [2.75, 3.05) is 6.61 Å². The monoisotopic (exact) mass is 217 g/mol. The Bertz CT molecular complexity index is 397. The number of furan rings is 1. The Morgan fingerprint density at radius 2 is 1.94 bits per heavy atom. The molecule has 3 heteroatoms. The summed E-state index contributed by atoms with van der Waals surface area (Å²) in [5.41, 5.74) is 1.19. The zero-order valence-electron chi connectivity index (χ0n) is 8.97. The van der Waals surface area contributed by atoms with E-state index in [1.54, 1.807) is 6.26 Å². The highest BCUT2D eigenvalue weighted by Gasteiger charge is 2.11. The van der Waals surface area contributed by atoms with Gasteiger partial charge in [0.05, 0.1) is 18.9 Å². The van der Waals surface area contributed by atoms with Crippen LogP contribution in [0.2, 0.25) is 0 Å². The minimum atomic E-state index is -0.143. The van der Waals surface area contributed by atoms with Crippen LogP contribution in [-0.2, 0) is 6.54 Å². The molecular weight excluding hydrogens is 202 g/mol. The van der Waals surface area contributed by atoms with Gasteiger partial charge in [-0.3, -0.25) is 0 Å². The normalized spacial score (nSPS) is 12.6. The minimum absolute atomic E-state index is 0.0281. The third-order valence-electron chi connectivity index (χ3n) is 2.46. The van der Waals surface area contributed by atoms with E-state index in [4.69, 9.17) is 4.42 Å². The Hall–Kier alpha value is -1.58. The maximum Gasteiger partial charge on any atom is 0.123 e. The second-order valence-corrected chi connectivity index (χ2v) is 3.62. The van der Waals surface area contributed by atoms with Gasteiger partial charge in [-0.2, -0.15) is 0 Å². The molecule has 1 heterocycles. The van der Waals surface area contributed by atoms with Crippen LogP contribution in [0.3, 0.4) is 0 Å². The first-order valence-electron chi connectivity index (χ1n) is 5.31. The third-order valence-corrected chi connectivity index (χ3v) is 2.46. The zero-order valence-corrected chi connectivity index (χ0v) is 8.97. The van der Waals surface area contributed by atoms with Crippen LogP contribution in [0.4, 0.5) is 0 Å². The average Bonchev–Trinajstić information content (AvgIpc) is 2.85. The van der Waals surface area contributed by atoms with E-state index in [1.165, 1.54) is 5.56 Å². The smallest absolute Gasteiger partial charge is 0.123 e. The summed E-state index contributed by atoms with van der Waals surface area (Å²) in [6, 6.07) is 13.6. The van der Waals surface area contributed by atoms with Gasteiger partial charge in [0.25, 0.3) is 0 Å². The molecule has 84 valence electrons. The molecule has 2 N–H and O–H groups in total. The molecule has 16 heavy (non-hydrogen) atoms. The summed E-state index contributed by atoms with van der Waals surface area (Å²) in [5, 5.41) is 12.5. The van der Waals surface area contributed by atoms with Gasteiger partial charge in [-0.1, -0.05) is 30.3 Å². The number of aliphatic hydroxyl groups excluding tert-OH is 1. The topological polar surface area (TPSA) is 45.4 Å². The molecule has 1 aromatic carbocycles. The van der Waals surface area contributed by atoms with Gasteiger partial charge in [-0.05, 0) is 17.7 Å². The van der Waals surface area contributed by atoms with Gasteiger partial charge in [-0.25, -0.2) is 0 Å². The molecule has 0 bridgehead atoms. The van der Waals surface area contributed by atoms with Gasteiger partial charge in [0, 0.05) is 6.54 Å². The van der Waals surface area contributed by atoms with E-state index in [0.717, 1.165) is 5.76 Å². The fraction of sp³-hybridized carbons (Fsp3) is 0.231. The number of rotatable bonds is 5. The SMILES string of the molecule is OCC(NCc1ccccc1)c1ccco1. The molecule has 1 aromatic heterocycles. The van der Waals surface area contributed by atoms with Crippen molar-refractivity contribution < 1.29 is 9.52 Å². The largest absolute Gasteiger partial charge is 0.468 e. The van der Waals surface area contributed by atoms with Crippen LogP contribution in [0.15, 0.2) is 53.1 Å². The first kappa shape index (κ1) is 10.9. The lowest BCUT2D eigenvalue weighted by molar-refractivity contribution is 0.225. The zero-order chi connectivity index (χ0) is 11.2. The predicted octanol–water partition coefficient (Wildman–Crippen LogP) is 2.10. The van der Waals surface area contributed by atoms with Crippen molar-refractivity contribution in [3.8, 4) is 0 Å². The van der Waals surface area contributed by atoms with Gasteiger partial charge in [0.15, 0.2) is 0 Å². The van der Waals surface area contributed by atoms with E-state index in [1.807, 2.05) is 42.5 Å². The lowest BCUT2D eigenvalue weighted by Gasteiger charge is -2.13. The third kappa shape index (κ3) is 2.72. The van der Waals surface area contributed by atoms with Crippen molar-refractivity contribution in [1.29, 1.82) is 0 Å². The molecule has 0 aliphatic rings. The minimum Gasteiger partial charge on any atom is -0.468 e. The highest BCUT2D eigenvalue weighted by molar-refractivity contribution is 5.15. The molecule has 0 radical (unpaired) electrons. The molecule has 0 aliphatic carbocycles. The maximum atomic E-state index is 9.25. The summed E-state index contributed by atoms with van der Waals surface area (Å²) in [6.45, 7) is 0.743. The van der Waals surface area contributed by atoms with Crippen LogP contribution < -0.4 is 5.32 Å². The van der Waals surface area contributed by atoms with Gasteiger partial charge in [0.2, 0.25) is 0 Å². The van der Waals surface area contributed by atoms with E-state index in [0.29, 0.717) is 6.54 Å². The average molecular weight is 217 g/mol. The molecule has 0 spiro atoms. The van der Waals surface area contributed by atoms with Gasteiger partial charge in [0.1, 0.15) is 5.76 Å². The molecule has 0 amide bonds. The molecule has 1 unspecified atom stereocenters. The number of hydrogen-bond donors (Lipinski definition) is 2. The Balaban J connectivity index is 1.94. The van der Waals surface area contributed by atoms with Crippen molar-refractivity contribution in [3.63, 3.8) is 0 Å². The molecule has 0 saturated carbocycles. The highest BCUT2D eigenvalue weighted by atomic mass is 16.3. The van der Waals surface area contributed by atoms with Crippen molar-refractivity contribution in [1.82, 2.24) is 5.32 Å². The Kier molecular flexibility index (Phi) is 3.75. The van der Waals surface area contributed by atoms with Crippen LogP contribution in [0, 0.1) is 0 Å². The van der Waals surface area contributed by atoms with Gasteiger partial charge < -0.3 is 14.8 Å². The van der Waals surface area contributed by atoms with Crippen LogP contribution in [0.5, 0.6) is 0 Å². The van der Waals surface area contributed by atoms with Gasteiger partial charge >= 0.3 is 0 Å². The van der Waals surface area contributed by atoms with Crippen molar-refractivity contribution in [2.45, 2.75) is 12.6 Å². The fourth-order valence-electron chi connectivity index (χ4n) is 1.58. The summed E-state index contributed by atoms with van der Waals surface area (Å²) in [7, 11) is 0. The van der Waals surface area contributed by atoms with E-state index < -0.39 is 0 Å². The molecule has 0 fully saturated rings. The van der Waals surface area contributed by atoms with Crippen LogP contribution in [-0.4, -0.2) is 11.7 Å². The molecule has 0 saturated heterocycles. The Morgan fingerprint density at radius 1 is 1.12 bits per heavy atom. The summed E-state index contributed by atoms with van der Waals surface area (Å²) in [4.78, 5) is 0. The molecule has 1 atom stereocenters. The lowest BCUT2D eigenvalue weighted by Crippen LogP contribution is -2.23. The number of aliphatic hydroxyl groups is 1. The maximum absolute atomic E-state index is 9.25. The summed E-state index contributed by atoms with van der Waals surface area (Å²) in [5.74, 6) is 0.762. The number of benzene rings is 1. The van der Waals surface area contributed by atoms with Crippen molar-refractivity contribution >= 4 is 0 Å². The fourth-order valence-corrected chi connectivity index (χ4v) is 1.58. The lowest BCUT2D eigenvalue weighted by atomic mass is 10.2. The van der Waals surface area contributed by atoms with E-state index >= 15 is 0 Å². The van der Waals surface area contributed by atoms with Crippen LogP contribution in [0.25, 0.3) is 0 Å². The standard InChI is InChI=1S/C13H15NO2/c15-10-12(13-7-4-8-16-13)14-9-11-5-2-1-3-6-11/h1-8,12,14-15H,9-10H2. The molecule has 0 aliphatic heterocycles. The Labute approximate surface area is 94.7 Å². The van der Waals surface area contributed by atoms with Crippen molar-refractivity contribution in [2.24, 2.45) is 0 Å².